The summed E-state index contributed by atoms with van der Waals surface area (Å²) >= 11 is 0. The Morgan fingerprint density at radius 3 is 2.67 bits per heavy atom. The second kappa shape index (κ2) is 6.14. The zero-order valence-electron chi connectivity index (χ0n) is 8.98. The van der Waals surface area contributed by atoms with Gasteiger partial charge >= 0.3 is 0 Å². The molecule has 0 aliphatic heterocycles. The van der Waals surface area contributed by atoms with Crippen LogP contribution < -0.4 is 0 Å². The summed E-state index contributed by atoms with van der Waals surface area (Å²) < 4.78 is 5.55. The third kappa shape index (κ3) is 4.09. The van der Waals surface area contributed by atoms with E-state index in [0.717, 1.165) is 5.56 Å². The number of hydrogen-bond acceptors (Lipinski definition) is 2. The van der Waals surface area contributed by atoms with Gasteiger partial charge in [0.15, 0.2) is 0 Å². The van der Waals surface area contributed by atoms with E-state index in [1.807, 2.05) is 30.3 Å². The second-order valence-corrected chi connectivity index (χ2v) is 3.43. The van der Waals surface area contributed by atoms with Gasteiger partial charge in [0.2, 0.25) is 0 Å². The predicted octanol–water partition coefficient (Wildman–Crippen LogP) is 2.91. The Bertz CT molecular complexity index is 317. The van der Waals surface area contributed by atoms with Crippen molar-refractivity contribution in [1.82, 2.24) is 0 Å². The molecule has 80 valence electrons. The molecule has 1 rings (SSSR count). The van der Waals surface area contributed by atoms with Gasteiger partial charge in [-0.2, -0.15) is 0 Å². The van der Waals surface area contributed by atoms with Gasteiger partial charge in [-0.3, -0.25) is 4.79 Å². The maximum absolute atomic E-state index is 11.1. The van der Waals surface area contributed by atoms with Gasteiger partial charge in [-0.1, -0.05) is 36.4 Å². The molecule has 0 aromatic heterocycles. The summed E-state index contributed by atoms with van der Waals surface area (Å²) in [7, 11) is 0. The van der Waals surface area contributed by atoms with Crippen molar-refractivity contribution in [2.24, 2.45) is 0 Å². The lowest BCUT2D eigenvalue weighted by Gasteiger charge is -2.15. The zero-order valence-corrected chi connectivity index (χ0v) is 8.98. The lowest BCUT2D eigenvalue weighted by atomic mass is 10.0. The van der Waals surface area contributed by atoms with Gasteiger partial charge < -0.3 is 4.74 Å². The van der Waals surface area contributed by atoms with E-state index < -0.39 is 0 Å². The van der Waals surface area contributed by atoms with Crippen molar-refractivity contribution in [3.63, 3.8) is 0 Å². The average Bonchev–Trinajstić information content (AvgIpc) is 2.25. The molecule has 0 aliphatic rings. The van der Waals surface area contributed by atoms with Crippen LogP contribution in [-0.2, 0) is 9.53 Å². The molecule has 0 radical (unpaired) electrons. The van der Waals surface area contributed by atoms with Gasteiger partial charge in [0.25, 0.3) is 0 Å². The summed E-state index contributed by atoms with van der Waals surface area (Å²) in [5, 5.41) is 0. The smallest absolute Gasteiger partial charge is 0.132 e. The summed E-state index contributed by atoms with van der Waals surface area (Å²) in [5.74, 6) is 0.132. The Morgan fingerprint density at radius 2 is 2.13 bits per heavy atom. The molecular formula is C13H16O2. The number of hydrogen-bond donors (Lipinski definition) is 0. The van der Waals surface area contributed by atoms with Crippen molar-refractivity contribution in [2.75, 3.05) is 6.61 Å². The molecular weight excluding hydrogens is 188 g/mol. The molecule has 2 nitrogen and oxygen atoms in total. The summed E-state index contributed by atoms with van der Waals surface area (Å²) in [6, 6.07) is 9.77. The highest BCUT2D eigenvalue weighted by atomic mass is 16.5. The molecule has 1 aromatic rings. The second-order valence-electron chi connectivity index (χ2n) is 3.43. The third-order valence-corrected chi connectivity index (χ3v) is 2.06. The Balaban J connectivity index is 2.71. The van der Waals surface area contributed by atoms with Gasteiger partial charge in [0, 0.05) is 6.42 Å². The number of ketones is 1. The quantitative estimate of drug-likeness (QED) is 0.666. The van der Waals surface area contributed by atoms with Crippen molar-refractivity contribution in [3.8, 4) is 0 Å². The van der Waals surface area contributed by atoms with Crippen LogP contribution in [0.15, 0.2) is 43.0 Å². The van der Waals surface area contributed by atoms with Crippen LogP contribution in [0.3, 0.4) is 0 Å². The maximum Gasteiger partial charge on any atom is 0.132 e. The van der Waals surface area contributed by atoms with E-state index in [4.69, 9.17) is 4.74 Å². The Morgan fingerprint density at radius 1 is 1.47 bits per heavy atom. The molecule has 0 amide bonds. The normalized spacial score (nSPS) is 12.1. The first-order valence-electron chi connectivity index (χ1n) is 5.01. The molecule has 0 saturated carbocycles. The van der Waals surface area contributed by atoms with Gasteiger partial charge in [0.05, 0.1) is 12.7 Å². The molecule has 2 heteroatoms. The molecule has 1 atom stereocenters. The highest BCUT2D eigenvalue weighted by Crippen LogP contribution is 2.21. The average molecular weight is 204 g/mol. The van der Waals surface area contributed by atoms with Crippen molar-refractivity contribution in [1.29, 1.82) is 0 Å². The summed E-state index contributed by atoms with van der Waals surface area (Å²) in [6.45, 7) is 5.64. The van der Waals surface area contributed by atoms with Crippen LogP contribution in [0.4, 0.5) is 0 Å². The van der Waals surface area contributed by atoms with Crippen LogP contribution in [-0.4, -0.2) is 12.4 Å². The molecule has 0 spiro atoms. The SMILES string of the molecule is C=CCOC(CC(C)=O)c1ccccc1. The fourth-order valence-corrected chi connectivity index (χ4v) is 1.39. The number of ether oxygens (including phenoxy) is 1. The standard InChI is InChI=1S/C13H16O2/c1-3-9-15-13(10-11(2)14)12-7-5-4-6-8-12/h3-8,13H,1,9-10H2,2H3. The van der Waals surface area contributed by atoms with Gasteiger partial charge in [-0.15, -0.1) is 6.58 Å². The Hall–Kier alpha value is -1.41. The van der Waals surface area contributed by atoms with Gasteiger partial charge in [-0.25, -0.2) is 0 Å². The van der Waals surface area contributed by atoms with E-state index in [9.17, 15) is 4.79 Å². The zero-order chi connectivity index (χ0) is 11.1. The minimum atomic E-state index is -0.151. The van der Waals surface area contributed by atoms with Gasteiger partial charge in [-0.05, 0) is 12.5 Å². The highest BCUT2D eigenvalue weighted by molar-refractivity contribution is 5.76. The summed E-state index contributed by atoms with van der Waals surface area (Å²) in [4.78, 5) is 11.1. The fraction of sp³-hybridized carbons (Fsp3) is 0.308. The monoisotopic (exact) mass is 204 g/mol. The molecule has 0 saturated heterocycles. The van der Waals surface area contributed by atoms with Crippen molar-refractivity contribution in [3.05, 3.63) is 48.6 Å². The third-order valence-electron chi connectivity index (χ3n) is 2.06. The fourth-order valence-electron chi connectivity index (χ4n) is 1.39. The number of carbonyl (C=O) groups is 1. The van der Waals surface area contributed by atoms with Crippen LogP contribution >= 0.6 is 0 Å². The van der Waals surface area contributed by atoms with Crippen molar-refractivity contribution in [2.45, 2.75) is 19.4 Å². The first-order chi connectivity index (χ1) is 7.24. The molecule has 15 heavy (non-hydrogen) atoms. The summed E-state index contributed by atoms with van der Waals surface area (Å²) in [6.07, 6.45) is 1.95. The van der Waals surface area contributed by atoms with Gasteiger partial charge in [0.1, 0.15) is 5.78 Å². The van der Waals surface area contributed by atoms with Crippen LogP contribution in [0.25, 0.3) is 0 Å². The van der Waals surface area contributed by atoms with Crippen molar-refractivity contribution >= 4 is 5.78 Å². The minimum Gasteiger partial charge on any atom is -0.369 e. The van der Waals surface area contributed by atoms with Crippen LogP contribution in [0.5, 0.6) is 0 Å². The predicted molar refractivity (Wildman–Crippen MR) is 60.6 cm³/mol. The molecule has 0 fully saturated rings. The first-order valence-corrected chi connectivity index (χ1v) is 5.01. The Kier molecular flexibility index (Phi) is 4.78. The minimum absolute atomic E-state index is 0.132. The lowest BCUT2D eigenvalue weighted by Crippen LogP contribution is -2.08. The van der Waals surface area contributed by atoms with E-state index in [1.165, 1.54) is 0 Å². The highest BCUT2D eigenvalue weighted by Gasteiger charge is 2.13. The number of benzene rings is 1. The molecule has 0 aliphatic carbocycles. The number of carbonyl (C=O) groups excluding carboxylic acids is 1. The van der Waals surface area contributed by atoms with Crippen LogP contribution in [0.1, 0.15) is 25.0 Å². The summed E-state index contributed by atoms with van der Waals surface area (Å²) in [5.41, 5.74) is 1.04. The van der Waals surface area contributed by atoms with Crippen LogP contribution in [0, 0.1) is 0 Å². The Labute approximate surface area is 90.6 Å². The topological polar surface area (TPSA) is 26.3 Å². The van der Waals surface area contributed by atoms with E-state index >= 15 is 0 Å². The molecule has 0 bridgehead atoms. The number of rotatable bonds is 6. The van der Waals surface area contributed by atoms with Crippen LogP contribution in [0.2, 0.25) is 0 Å². The van der Waals surface area contributed by atoms with Crippen molar-refractivity contribution < 1.29 is 9.53 Å². The molecule has 1 aromatic carbocycles. The number of Topliss-reactive ketones (excluding diaryl/α,β-unsaturated/α-hetero) is 1. The maximum atomic E-state index is 11.1. The molecule has 1 unspecified atom stereocenters. The molecule has 0 heterocycles. The lowest BCUT2D eigenvalue weighted by molar-refractivity contribution is -0.119. The van der Waals surface area contributed by atoms with E-state index in [2.05, 4.69) is 6.58 Å². The van der Waals surface area contributed by atoms with E-state index in [0.29, 0.717) is 13.0 Å². The van der Waals surface area contributed by atoms with E-state index in [1.54, 1.807) is 13.0 Å². The largest absolute Gasteiger partial charge is 0.369 e. The first kappa shape index (κ1) is 11.7. The van der Waals surface area contributed by atoms with E-state index in [-0.39, 0.29) is 11.9 Å². The molecule has 0 N–H and O–H groups in total.